The van der Waals surface area contributed by atoms with Gasteiger partial charge in [0.2, 0.25) is 0 Å². The van der Waals surface area contributed by atoms with Gasteiger partial charge in [-0.3, -0.25) is 0 Å². The first-order valence-corrected chi connectivity index (χ1v) is 4.39. The zero-order valence-electron chi connectivity index (χ0n) is 7.18. The zero-order valence-corrected chi connectivity index (χ0v) is 9.59. The van der Waals surface area contributed by atoms with E-state index in [2.05, 4.69) is 15.9 Å². The lowest BCUT2D eigenvalue weighted by Gasteiger charge is -2.15. The summed E-state index contributed by atoms with van der Waals surface area (Å²) in [4.78, 5) is 0. The monoisotopic (exact) mass is 307 g/mol. The van der Waals surface area contributed by atoms with Gasteiger partial charge in [0.1, 0.15) is 11.9 Å². The van der Waals surface area contributed by atoms with Gasteiger partial charge in [-0.05, 0) is 33.6 Å². The minimum Gasteiger partial charge on any atom is -0.316 e. The van der Waals surface area contributed by atoms with Gasteiger partial charge in [-0.25, -0.2) is 4.39 Å². The van der Waals surface area contributed by atoms with Crippen molar-refractivity contribution in [3.05, 3.63) is 34.1 Å². The van der Waals surface area contributed by atoms with Crippen LogP contribution in [0.3, 0.4) is 0 Å². The molecule has 0 spiro atoms. The molecule has 0 fully saturated rings. The molecule has 0 aliphatic heterocycles. The highest BCUT2D eigenvalue weighted by Gasteiger charge is 2.37. The lowest BCUT2D eigenvalue weighted by Crippen LogP contribution is -2.28. The molecule has 7 heteroatoms. The van der Waals surface area contributed by atoms with Gasteiger partial charge in [0.05, 0.1) is 4.47 Å². The smallest absolute Gasteiger partial charge is 0.316 e. The van der Waals surface area contributed by atoms with Crippen molar-refractivity contribution in [1.29, 1.82) is 0 Å². The predicted octanol–water partition coefficient (Wildman–Crippen LogP) is 3.57. The average Bonchev–Trinajstić information content (AvgIpc) is 2.07. The SMILES string of the molecule is Cl.N[C@@H](c1ccc(Br)c(F)c1)C(F)(F)F. The van der Waals surface area contributed by atoms with E-state index in [0.29, 0.717) is 0 Å². The third-order valence-corrected chi connectivity index (χ3v) is 2.30. The summed E-state index contributed by atoms with van der Waals surface area (Å²) in [5.41, 5.74) is 4.59. The fourth-order valence-electron chi connectivity index (χ4n) is 0.895. The van der Waals surface area contributed by atoms with Gasteiger partial charge in [0.15, 0.2) is 0 Å². The molecule has 0 heterocycles. The van der Waals surface area contributed by atoms with Crippen molar-refractivity contribution in [2.45, 2.75) is 12.2 Å². The van der Waals surface area contributed by atoms with Gasteiger partial charge in [-0.1, -0.05) is 6.07 Å². The third kappa shape index (κ3) is 3.62. The average molecular weight is 308 g/mol. The summed E-state index contributed by atoms with van der Waals surface area (Å²) in [6.07, 6.45) is -4.56. The molecule has 0 radical (unpaired) electrons. The van der Waals surface area contributed by atoms with Crippen LogP contribution >= 0.6 is 28.3 Å². The van der Waals surface area contributed by atoms with E-state index in [1.54, 1.807) is 0 Å². The second-order valence-electron chi connectivity index (χ2n) is 2.69. The molecule has 0 saturated heterocycles. The van der Waals surface area contributed by atoms with Crippen LogP contribution in [-0.4, -0.2) is 6.18 Å². The van der Waals surface area contributed by atoms with Crippen LogP contribution in [0.1, 0.15) is 11.6 Å². The van der Waals surface area contributed by atoms with E-state index >= 15 is 0 Å². The summed E-state index contributed by atoms with van der Waals surface area (Å²) in [5, 5.41) is 0. The molecule has 1 rings (SSSR count). The fraction of sp³-hybridized carbons (Fsp3) is 0.250. The number of rotatable bonds is 1. The fourth-order valence-corrected chi connectivity index (χ4v) is 1.14. The molecule has 1 nitrogen and oxygen atoms in total. The molecular formula is C8H7BrClF4N. The number of benzene rings is 1. The minimum atomic E-state index is -4.56. The number of hydrogen-bond acceptors (Lipinski definition) is 1. The normalized spacial score (nSPS) is 13.2. The van der Waals surface area contributed by atoms with Crippen LogP contribution in [0, 0.1) is 5.82 Å². The van der Waals surface area contributed by atoms with Crippen LogP contribution in [0.5, 0.6) is 0 Å². The Kier molecular flexibility index (Phi) is 5.02. The van der Waals surface area contributed by atoms with Gasteiger partial charge in [0, 0.05) is 0 Å². The Balaban J connectivity index is 0.00000196. The molecule has 0 aromatic heterocycles. The molecule has 0 aliphatic rings. The highest BCUT2D eigenvalue weighted by molar-refractivity contribution is 9.10. The summed E-state index contributed by atoms with van der Waals surface area (Å²) in [5.74, 6) is -0.762. The minimum absolute atomic E-state index is 0. The molecule has 86 valence electrons. The second-order valence-corrected chi connectivity index (χ2v) is 3.55. The topological polar surface area (TPSA) is 26.0 Å². The number of alkyl halides is 3. The standard InChI is InChI=1S/C8H6BrF4N.ClH/c9-5-2-1-4(3-6(5)10)7(14)8(11,12)13;/h1-3,7H,14H2;1H/t7-;/m0./s1. The van der Waals surface area contributed by atoms with Crippen LogP contribution in [0.15, 0.2) is 22.7 Å². The molecule has 0 saturated carbocycles. The molecule has 2 N–H and O–H groups in total. The van der Waals surface area contributed by atoms with Gasteiger partial charge < -0.3 is 5.73 Å². The van der Waals surface area contributed by atoms with Crippen molar-refractivity contribution >= 4 is 28.3 Å². The van der Waals surface area contributed by atoms with Crippen LogP contribution in [0.4, 0.5) is 17.6 Å². The zero-order chi connectivity index (χ0) is 10.9. The molecule has 0 aliphatic carbocycles. The molecule has 1 atom stereocenters. The Hall–Kier alpha value is -0.330. The highest BCUT2D eigenvalue weighted by Crippen LogP contribution is 2.31. The first kappa shape index (κ1) is 14.7. The van der Waals surface area contributed by atoms with E-state index in [4.69, 9.17) is 5.73 Å². The maximum Gasteiger partial charge on any atom is 0.407 e. The summed E-state index contributed by atoms with van der Waals surface area (Å²) < 4.78 is 49.3. The number of nitrogens with two attached hydrogens (primary N) is 1. The Labute approximate surface area is 98.2 Å². The Bertz CT molecular complexity index is 342. The van der Waals surface area contributed by atoms with Gasteiger partial charge in [-0.2, -0.15) is 13.2 Å². The maximum atomic E-state index is 12.9. The van der Waals surface area contributed by atoms with Crippen molar-refractivity contribution in [2.75, 3.05) is 0 Å². The summed E-state index contributed by atoms with van der Waals surface area (Å²) in [6.45, 7) is 0. The first-order chi connectivity index (χ1) is 6.32. The quantitative estimate of drug-likeness (QED) is 0.789. The highest BCUT2D eigenvalue weighted by atomic mass is 79.9. The van der Waals surface area contributed by atoms with Gasteiger partial charge in [0.25, 0.3) is 0 Å². The largest absolute Gasteiger partial charge is 0.407 e. The van der Waals surface area contributed by atoms with Crippen LogP contribution in [-0.2, 0) is 0 Å². The van der Waals surface area contributed by atoms with Crippen LogP contribution in [0.25, 0.3) is 0 Å². The molecule has 1 aromatic rings. The van der Waals surface area contributed by atoms with Crippen molar-refractivity contribution in [2.24, 2.45) is 5.73 Å². The molecule has 1 aromatic carbocycles. The molecule has 0 bridgehead atoms. The van der Waals surface area contributed by atoms with E-state index in [0.717, 1.165) is 12.1 Å². The van der Waals surface area contributed by atoms with E-state index in [1.807, 2.05) is 0 Å². The number of halogens is 6. The maximum absolute atomic E-state index is 12.9. The molecule has 15 heavy (non-hydrogen) atoms. The van der Waals surface area contributed by atoms with Gasteiger partial charge >= 0.3 is 6.18 Å². The number of hydrogen-bond donors (Lipinski definition) is 1. The predicted molar refractivity (Wildman–Crippen MR) is 54.3 cm³/mol. The van der Waals surface area contributed by atoms with Crippen LogP contribution < -0.4 is 5.73 Å². The first-order valence-electron chi connectivity index (χ1n) is 3.59. The third-order valence-electron chi connectivity index (χ3n) is 1.66. The van der Waals surface area contributed by atoms with Crippen molar-refractivity contribution < 1.29 is 17.6 Å². The summed E-state index contributed by atoms with van der Waals surface area (Å²) >= 11 is 2.83. The van der Waals surface area contributed by atoms with E-state index in [9.17, 15) is 17.6 Å². The van der Waals surface area contributed by atoms with Gasteiger partial charge in [-0.15, -0.1) is 12.4 Å². The van der Waals surface area contributed by atoms with Crippen molar-refractivity contribution in [3.63, 3.8) is 0 Å². The summed E-state index contributed by atoms with van der Waals surface area (Å²) in [7, 11) is 0. The summed E-state index contributed by atoms with van der Waals surface area (Å²) in [6, 6.07) is 0.939. The van der Waals surface area contributed by atoms with E-state index in [1.165, 1.54) is 6.07 Å². The lowest BCUT2D eigenvalue weighted by molar-refractivity contribution is -0.149. The van der Waals surface area contributed by atoms with Crippen LogP contribution in [0.2, 0.25) is 0 Å². The lowest BCUT2D eigenvalue weighted by atomic mass is 10.1. The molecular weight excluding hydrogens is 301 g/mol. The second kappa shape index (κ2) is 5.14. The molecule has 0 amide bonds. The van der Waals surface area contributed by atoms with E-state index in [-0.39, 0.29) is 22.4 Å². The Morgan fingerprint density at radius 3 is 2.20 bits per heavy atom. The van der Waals surface area contributed by atoms with Crippen molar-refractivity contribution in [3.8, 4) is 0 Å². The van der Waals surface area contributed by atoms with E-state index < -0.39 is 18.0 Å². The Morgan fingerprint density at radius 2 is 1.80 bits per heavy atom. The molecule has 0 unspecified atom stereocenters. The Morgan fingerprint density at radius 1 is 1.27 bits per heavy atom. The van der Waals surface area contributed by atoms with Crippen molar-refractivity contribution in [1.82, 2.24) is 0 Å².